The zero-order chi connectivity index (χ0) is 5.98. The first-order chi connectivity index (χ1) is 3.80. The fourth-order valence-electron chi connectivity index (χ4n) is 1.09. The van der Waals surface area contributed by atoms with Gasteiger partial charge in [-0.2, -0.15) is 0 Å². The molecule has 1 aliphatic heterocycles. The minimum Gasteiger partial charge on any atom is -0.240 e. The standard InChI is InChI=1S/C7H14N/c1-7-5-3-4-6-8(7)2/h6-7H,3-5H2,1-2H3/q+1. The molecule has 0 amide bonds. The molecule has 0 radical (unpaired) electrons. The SMILES string of the molecule is CC1CCCC=[N+]1C. The molecule has 0 aliphatic carbocycles. The van der Waals surface area contributed by atoms with Crippen LogP contribution < -0.4 is 0 Å². The lowest BCUT2D eigenvalue weighted by Crippen LogP contribution is -2.23. The maximum Gasteiger partial charge on any atom is 0.149 e. The molecule has 1 rings (SSSR count). The van der Waals surface area contributed by atoms with Gasteiger partial charge in [0.05, 0.1) is 0 Å². The van der Waals surface area contributed by atoms with Crippen molar-refractivity contribution in [1.29, 1.82) is 0 Å². The molecule has 0 aromatic carbocycles. The van der Waals surface area contributed by atoms with E-state index in [0.29, 0.717) is 0 Å². The molecule has 0 aromatic rings. The molecule has 1 heterocycles. The highest BCUT2D eigenvalue weighted by atomic mass is 15.0. The maximum atomic E-state index is 2.31. The maximum absolute atomic E-state index is 2.31. The van der Waals surface area contributed by atoms with Crippen LogP contribution in [0, 0.1) is 0 Å². The Bertz CT molecular complexity index is 105. The number of nitrogens with zero attached hydrogens (tertiary/aromatic N) is 1. The van der Waals surface area contributed by atoms with E-state index in [-0.39, 0.29) is 0 Å². The van der Waals surface area contributed by atoms with E-state index in [9.17, 15) is 0 Å². The summed E-state index contributed by atoms with van der Waals surface area (Å²) in [6.45, 7) is 2.27. The van der Waals surface area contributed by atoms with Crippen molar-refractivity contribution in [3.8, 4) is 0 Å². The van der Waals surface area contributed by atoms with Crippen molar-refractivity contribution in [2.24, 2.45) is 0 Å². The van der Waals surface area contributed by atoms with Gasteiger partial charge >= 0.3 is 0 Å². The van der Waals surface area contributed by atoms with Crippen LogP contribution in [0.3, 0.4) is 0 Å². The van der Waals surface area contributed by atoms with Crippen molar-refractivity contribution in [1.82, 2.24) is 0 Å². The van der Waals surface area contributed by atoms with Gasteiger partial charge in [0.2, 0.25) is 0 Å². The lowest BCUT2D eigenvalue weighted by atomic mass is 10.1. The van der Waals surface area contributed by atoms with Gasteiger partial charge in [0, 0.05) is 12.8 Å². The molecular formula is C7H14N+. The largest absolute Gasteiger partial charge is 0.240 e. The van der Waals surface area contributed by atoms with Crippen molar-refractivity contribution in [3.05, 3.63) is 0 Å². The predicted molar refractivity (Wildman–Crippen MR) is 35.6 cm³/mol. The second kappa shape index (κ2) is 2.29. The Kier molecular flexibility index (Phi) is 1.66. The summed E-state index contributed by atoms with van der Waals surface area (Å²) in [5.41, 5.74) is 0. The molecule has 1 aliphatic rings. The second-order valence-electron chi connectivity index (χ2n) is 2.63. The summed E-state index contributed by atoms with van der Waals surface area (Å²) < 4.78 is 2.31. The molecule has 0 spiro atoms. The molecule has 1 unspecified atom stereocenters. The first-order valence-corrected chi connectivity index (χ1v) is 3.36. The smallest absolute Gasteiger partial charge is 0.149 e. The van der Waals surface area contributed by atoms with Gasteiger partial charge in [-0.3, -0.25) is 0 Å². The number of rotatable bonds is 0. The predicted octanol–water partition coefficient (Wildman–Crippen LogP) is 1.27. The van der Waals surface area contributed by atoms with Gasteiger partial charge < -0.3 is 0 Å². The van der Waals surface area contributed by atoms with E-state index in [0.717, 1.165) is 6.04 Å². The highest BCUT2D eigenvalue weighted by Gasteiger charge is 2.13. The molecule has 0 aromatic heterocycles. The highest BCUT2D eigenvalue weighted by molar-refractivity contribution is 5.51. The quantitative estimate of drug-likeness (QED) is 0.415. The molecule has 0 fully saturated rings. The normalized spacial score (nSPS) is 29.8. The van der Waals surface area contributed by atoms with Crippen LogP contribution in [0.4, 0.5) is 0 Å². The summed E-state index contributed by atoms with van der Waals surface area (Å²) in [5, 5.41) is 0. The van der Waals surface area contributed by atoms with Gasteiger partial charge in [0.15, 0.2) is 0 Å². The molecular weight excluding hydrogens is 98.1 g/mol. The van der Waals surface area contributed by atoms with E-state index in [1.54, 1.807) is 0 Å². The Balaban J connectivity index is 2.53. The zero-order valence-electron chi connectivity index (χ0n) is 5.72. The Labute approximate surface area is 51.0 Å². The van der Waals surface area contributed by atoms with E-state index in [2.05, 4.69) is 24.8 Å². The summed E-state index contributed by atoms with van der Waals surface area (Å²) in [5.74, 6) is 0. The van der Waals surface area contributed by atoms with Gasteiger partial charge in [-0.15, -0.1) is 0 Å². The lowest BCUT2D eigenvalue weighted by Gasteiger charge is -2.10. The van der Waals surface area contributed by atoms with Crippen LogP contribution in [-0.2, 0) is 0 Å². The average Bonchev–Trinajstić information content (AvgIpc) is 1.77. The fourth-order valence-corrected chi connectivity index (χ4v) is 1.09. The zero-order valence-corrected chi connectivity index (χ0v) is 5.72. The molecule has 0 bridgehead atoms. The fraction of sp³-hybridized carbons (Fsp3) is 0.857. The van der Waals surface area contributed by atoms with Gasteiger partial charge in [-0.25, -0.2) is 4.58 Å². The molecule has 46 valence electrons. The summed E-state index contributed by atoms with van der Waals surface area (Å²) in [7, 11) is 2.16. The van der Waals surface area contributed by atoms with Crippen LogP contribution in [0.25, 0.3) is 0 Å². The lowest BCUT2D eigenvalue weighted by molar-refractivity contribution is -0.535. The van der Waals surface area contributed by atoms with Crippen LogP contribution >= 0.6 is 0 Å². The average molecular weight is 112 g/mol. The van der Waals surface area contributed by atoms with Crippen molar-refractivity contribution >= 4 is 6.21 Å². The van der Waals surface area contributed by atoms with Crippen LogP contribution in [0.15, 0.2) is 0 Å². The molecule has 8 heavy (non-hydrogen) atoms. The van der Waals surface area contributed by atoms with Crippen LogP contribution in [0.5, 0.6) is 0 Å². The second-order valence-corrected chi connectivity index (χ2v) is 2.63. The molecule has 0 saturated heterocycles. The van der Waals surface area contributed by atoms with Crippen molar-refractivity contribution in [2.75, 3.05) is 7.05 Å². The van der Waals surface area contributed by atoms with E-state index < -0.39 is 0 Å². The Morgan fingerprint density at radius 1 is 1.62 bits per heavy atom. The number of hydrogen-bond donors (Lipinski definition) is 0. The van der Waals surface area contributed by atoms with Gasteiger partial charge in [-0.1, -0.05) is 0 Å². The third kappa shape index (κ3) is 1.09. The summed E-state index contributed by atoms with van der Waals surface area (Å²) in [6.07, 6.45) is 6.31. The Hall–Kier alpha value is -0.330. The first kappa shape index (κ1) is 5.80. The van der Waals surface area contributed by atoms with E-state index in [1.165, 1.54) is 19.3 Å². The van der Waals surface area contributed by atoms with E-state index >= 15 is 0 Å². The minimum absolute atomic E-state index is 0.781. The topological polar surface area (TPSA) is 3.01 Å². The highest BCUT2D eigenvalue weighted by Crippen LogP contribution is 2.06. The number of hydrogen-bond acceptors (Lipinski definition) is 0. The summed E-state index contributed by atoms with van der Waals surface area (Å²) >= 11 is 0. The summed E-state index contributed by atoms with van der Waals surface area (Å²) in [4.78, 5) is 0. The molecule has 1 nitrogen and oxygen atoms in total. The van der Waals surface area contributed by atoms with Crippen LogP contribution in [0.1, 0.15) is 26.2 Å². The molecule has 0 saturated carbocycles. The molecule has 0 N–H and O–H groups in total. The minimum atomic E-state index is 0.781. The van der Waals surface area contributed by atoms with Crippen molar-refractivity contribution in [2.45, 2.75) is 32.2 Å². The molecule has 1 atom stereocenters. The first-order valence-electron chi connectivity index (χ1n) is 3.36. The third-order valence-corrected chi connectivity index (χ3v) is 1.94. The van der Waals surface area contributed by atoms with Crippen LogP contribution in [-0.4, -0.2) is 23.9 Å². The summed E-state index contributed by atoms with van der Waals surface area (Å²) in [6, 6.07) is 0.781. The van der Waals surface area contributed by atoms with Gasteiger partial charge in [0.1, 0.15) is 19.3 Å². The Morgan fingerprint density at radius 2 is 2.38 bits per heavy atom. The molecule has 1 heteroatoms. The van der Waals surface area contributed by atoms with Crippen LogP contribution in [0.2, 0.25) is 0 Å². The van der Waals surface area contributed by atoms with E-state index in [1.807, 2.05) is 0 Å². The van der Waals surface area contributed by atoms with Gasteiger partial charge in [0.25, 0.3) is 0 Å². The van der Waals surface area contributed by atoms with Crippen molar-refractivity contribution < 1.29 is 4.58 Å². The third-order valence-electron chi connectivity index (χ3n) is 1.94. The Morgan fingerprint density at radius 3 is 2.75 bits per heavy atom. The monoisotopic (exact) mass is 112 g/mol. The van der Waals surface area contributed by atoms with Crippen molar-refractivity contribution in [3.63, 3.8) is 0 Å². The van der Waals surface area contributed by atoms with Gasteiger partial charge in [-0.05, 0) is 13.3 Å². The van der Waals surface area contributed by atoms with E-state index in [4.69, 9.17) is 0 Å².